The molecule has 1 aromatic heterocycles. The molecule has 0 aliphatic carbocycles. The van der Waals surface area contributed by atoms with Crippen LogP contribution in [0.4, 0.5) is 0 Å². The summed E-state index contributed by atoms with van der Waals surface area (Å²) in [5.74, 6) is 2.43. The van der Waals surface area contributed by atoms with Gasteiger partial charge in [-0.05, 0) is 36.4 Å². The van der Waals surface area contributed by atoms with Crippen molar-refractivity contribution in [1.82, 2.24) is 10.1 Å². The second kappa shape index (κ2) is 6.85. The van der Waals surface area contributed by atoms with Gasteiger partial charge in [-0.2, -0.15) is 4.98 Å². The quantitative estimate of drug-likeness (QED) is 0.634. The molecule has 2 aromatic carbocycles. The van der Waals surface area contributed by atoms with E-state index in [9.17, 15) is 0 Å². The van der Waals surface area contributed by atoms with Crippen LogP contribution < -0.4 is 4.74 Å². The van der Waals surface area contributed by atoms with Crippen LogP contribution in [0.15, 0.2) is 57.9 Å². The Labute approximate surface area is 137 Å². The van der Waals surface area contributed by atoms with E-state index in [1.165, 1.54) is 0 Å². The third-order valence-corrected chi connectivity index (χ3v) is 4.24. The standard InChI is InChI=1S/C16H13ClN2O2S/c1-20-14-5-3-2-4-13(14)16-18-15(21-19-16)10-22-12-8-6-11(17)7-9-12/h2-9H,10H2,1H3. The molecule has 0 fully saturated rings. The number of hydrogen-bond donors (Lipinski definition) is 0. The fourth-order valence-corrected chi connectivity index (χ4v) is 2.79. The fourth-order valence-electron chi connectivity index (χ4n) is 1.93. The van der Waals surface area contributed by atoms with Crippen molar-refractivity contribution >= 4 is 23.4 Å². The highest BCUT2D eigenvalue weighted by molar-refractivity contribution is 7.98. The molecule has 22 heavy (non-hydrogen) atoms. The minimum absolute atomic E-state index is 0.532. The maximum absolute atomic E-state index is 5.87. The van der Waals surface area contributed by atoms with Crippen molar-refractivity contribution in [2.75, 3.05) is 7.11 Å². The molecule has 6 heteroatoms. The third kappa shape index (κ3) is 3.43. The van der Waals surface area contributed by atoms with Gasteiger partial charge in [-0.3, -0.25) is 0 Å². The molecule has 0 radical (unpaired) electrons. The second-order valence-corrected chi connectivity index (χ2v) is 5.94. The van der Waals surface area contributed by atoms with Gasteiger partial charge < -0.3 is 9.26 Å². The van der Waals surface area contributed by atoms with Crippen molar-refractivity contribution in [3.05, 3.63) is 59.4 Å². The molecule has 0 amide bonds. The van der Waals surface area contributed by atoms with Crippen LogP contribution in [0, 0.1) is 0 Å². The Morgan fingerprint density at radius 2 is 1.91 bits per heavy atom. The summed E-state index contributed by atoms with van der Waals surface area (Å²) in [6.07, 6.45) is 0. The SMILES string of the molecule is COc1ccccc1-c1noc(CSc2ccc(Cl)cc2)n1. The zero-order valence-corrected chi connectivity index (χ0v) is 13.4. The Bertz CT molecular complexity index is 759. The maximum atomic E-state index is 5.87. The number of thioether (sulfide) groups is 1. The summed E-state index contributed by atoms with van der Waals surface area (Å²) in [7, 11) is 1.62. The van der Waals surface area contributed by atoms with Gasteiger partial charge in [-0.1, -0.05) is 28.9 Å². The third-order valence-electron chi connectivity index (χ3n) is 2.99. The van der Waals surface area contributed by atoms with Crippen LogP contribution in [0.25, 0.3) is 11.4 Å². The van der Waals surface area contributed by atoms with Crippen molar-refractivity contribution in [1.29, 1.82) is 0 Å². The topological polar surface area (TPSA) is 48.2 Å². The van der Waals surface area contributed by atoms with E-state index in [0.29, 0.717) is 17.5 Å². The van der Waals surface area contributed by atoms with E-state index < -0.39 is 0 Å². The van der Waals surface area contributed by atoms with Crippen LogP contribution in [0.2, 0.25) is 5.02 Å². The number of hydrogen-bond acceptors (Lipinski definition) is 5. The van der Waals surface area contributed by atoms with Crippen molar-refractivity contribution < 1.29 is 9.26 Å². The first kappa shape index (κ1) is 14.9. The fraction of sp³-hybridized carbons (Fsp3) is 0.125. The van der Waals surface area contributed by atoms with Crippen LogP contribution in [-0.2, 0) is 5.75 Å². The molecule has 0 N–H and O–H groups in total. The first-order valence-corrected chi connectivity index (χ1v) is 7.97. The number of benzene rings is 2. The summed E-state index contributed by atoms with van der Waals surface area (Å²) in [5.41, 5.74) is 0.816. The monoisotopic (exact) mass is 332 g/mol. The van der Waals surface area contributed by atoms with Gasteiger partial charge in [-0.15, -0.1) is 11.8 Å². The lowest BCUT2D eigenvalue weighted by Gasteiger charge is -2.03. The lowest BCUT2D eigenvalue weighted by Crippen LogP contribution is -1.89. The minimum atomic E-state index is 0.532. The highest BCUT2D eigenvalue weighted by atomic mass is 35.5. The predicted molar refractivity (Wildman–Crippen MR) is 87.3 cm³/mol. The Balaban J connectivity index is 1.72. The lowest BCUT2D eigenvalue weighted by molar-refractivity contribution is 0.390. The van der Waals surface area contributed by atoms with Crippen molar-refractivity contribution in [2.45, 2.75) is 10.6 Å². The van der Waals surface area contributed by atoms with Gasteiger partial charge in [0.15, 0.2) is 0 Å². The number of aromatic nitrogens is 2. The summed E-state index contributed by atoms with van der Waals surface area (Å²) >= 11 is 7.48. The van der Waals surface area contributed by atoms with Crippen molar-refractivity contribution in [3.63, 3.8) is 0 Å². The van der Waals surface area contributed by atoms with E-state index in [0.717, 1.165) is 21.2 Å². The van der Waals surface area contributed by atoms with E-state index in [1.807, 2.05) is 48.5 Å². The predicted octanol–water partition coefficient (Wildman–Crippen LogP) is 4.69. The van der Waals surface area contributed by atoms with E-state index in [2.05, 4.69) is 10.1 Å². The smallest absolute Gasteiger partial charge is 0.237 e. The zero-order chi connectivity index (χ0) is 15.4. The number of halogens is 1. The van der Waals surface area contributed by atoms with Gasteiger partial charge in [0.25, 0.3) is 0 Å². The highest BCUT2D eigenvalue weighted by Gasteiger charge is 2.12. The molecular formula is C16H13ClN2O2S. The summed E-state index contributed by atoms with van der Waals surface area (Å²) in [4.78, 5) is 5.52. The molecule has 0 unspecified atom stereocenters. The molecule has 3 rings (SSSR count). The molecule has 3 aromatic rings. The Morgan fingerprint density at radius 3 is 2.68 bits per heavy atom. The number of methoxy groups -OCH3 is 1. The molecule has 0 spiro atoms. The van der Waals surface area contributed by atoms with Crippen LogP contribution in [-0.4, -0.2) is 17.3 Å². The van der Waals surface area contributed by atoms with Gasteiger partial charge in [0.05, 0.1) is 18.4 Å². The lowest BCUT2D eigenvalue weighted by atomic mass is 10.2. The molecule has 112 valence electrons. The summed E-state index contributed by atoms with van der Waals surface area (Å²) in [6, 6.07) is 15.2. The van der Waals surface area contributed by atoms with E-state index in [-0.39, 0.29) is 0 Å². The largest absolute Gasteiger partial charge is 0.496 e. The Kier molecular flexibility index (Phi) is 4.65. The molecule has 0 atom stereocenters. The zero-order valence-electron chi connectivity index (χ0n) is 11.8. The first-order valence-electron chi connectivity index (χ1n) is 6.60. The van der Waals surface area contributed by atoms with Crippen LogP contribution in [0.1, 0.15) is 5.89 Å². The molecule has 0 aliphatic heterocycles. The minimum Gasteiger partial charge on any atom is -0.496 e. The first-order chi connectivity index (χ1) is 10.8. The van der Waals surface area contributed by atoms with Crippen LogP contribution in [0.5, 0.6) is 5.75 Å². The number of rotatable bonds is 5. The second-order valence-electron chi connectivity index (χ2n) is 4.45. The van der Waals surface area contributed by atoms with Crippen LogP contribution in [0.3, 0.4) is 0 Å². The summed E-state index contributed by atoms with van der Waals surface area (Å²) < 4.78 is 10.6. The Morgan fingerprint density at radius 1 is 1.14 bits per heavy atom. The maximum Gasteiger partial charge on any atom is 0.237 e. The van der Waals surface area contributed by atoms with Crippen molar-refractivity contribution in [2.24, 2.45) is 0 Å². The summed E-state index contributed by atoms with van der Waals surface area (Å²) in [6.45, 7) is 0. The van der Waals surface area contributed by atoms with E-state index in [4.69, 9.17) is 20.9 Å². The van der Waals surface area contributed by atoms with Gasteiger partial charge in [0.2, 0.25) is 11.7 Å². The van der Waals surface area contributed by atoms with Gasteiger partial charge in [-0.25, -0.2) is 0 Å². The molecule has 4 nitrogen and oxygen atoms in total. The van der Waals surface area contributed by atoms with Gasteiger partial charge >= 0.3 is 0 Å². The molecule has 0 saturated carbocycles. The highest BCUT2D eigenvalue weighted by Crippen LogP contribution is 2.29. The van der Waals surface area contributed by atoms with Crippen LogP contribution >= 0.6 is 23.4 Å². The number of para-hydroxylation sites is 1. The molecule has 0 saturated heterocycles. The van der Waals surface area contributed by atoms with E-state index in [1.54, 1.807) is 18.9 Å². The molecule has 1 heterocycles. The van der Waals surface area contributed by atoms with Gasteiger partial charge in [0.1, 0.15) is 5.75 Å². The van der Waals surface area contributed by atoms with E-state index >= 15 is 0 Å². The normalized spacial score (nSPS) is 10.6. The number of ether oxygens (including phenoxy) is 1. The summed E-state index contributed by atoms with van der Waals surface area (Å²) in [5, 5.41) is 4.74. The molecular weight excluding hydrogens is 320 g/mol. The molecule has 0 bridgehead atoms. The molecule has 0 aliphatic rings. The Hall–Kier alpha value is -1.98. The number of nitrogens with zero attached hydrogens (tertiary/aromatic N) is 2. The van der Waals surface area contributed by atoms with Crippen molar-refractivity contribution in [3.8, 4) is 17.1 Å². The average Bonchev–Trinajstić information content (AvgIpc) is 3.03. The average molecular weight is 333 g/mol. The van der Waals surface area contributed by atoms with Gasteiger partial charge in [0, 0.05) is 9.92 Å².